The maximum Gasteiger partial charge on any atom is 0.237 e. The van der Waals surface area contributed by atoms with Crippen LogP contribution in [0.3, 0.4) is 0 Å². The molecule has 17 heavy (non-hydrogen) atoms. The summed E-state index contributed by atoms with van der Waals surface area (Å²) in [5, 5.41) is 0. The van der Waals surface area contributed by atoms with Crippen molar-refractivity contribution < 1.29 is 4.74 Å². The van der Waals surface area contributed by atoms with Gasteiger partial charge in [-0.1, -0.05) is 6.07 Å². The monoisotopic (exact) mass is 229 g/mol. The molecule has 2 aromatic rings. The van der Waals surface area contributed by atoms with E-state index in [-0.39, 0.29) is 0 Å². The molecule has 4 heteroatoms. The lowest BCUT2D eigenvalue weighted by molar-refractivity contribution is 0.458. The molecule has 0 bridgehead atoms. The van der Waals surface area contributed by atoms with Gasteiger partial charge in [-0.2, -0.15) is 0 Å². The second kappa shape index (κ2) is 4.93. The maximum atomic E-state index is 5.63. The standard InChI is InChI=1S/C13H15N3O/c1-9-3-10(2)5-12(4-9)17-13-8-15-11(6-14)7-16-13/h3-5,7-8H,6,14H2,1-2H3. The first kappa shape index (κ1) is 11.5. The second-order valence-corrected chi connectivity index (χ2v) is 3.98. The second-order valence-electron chi connectivity index (χ2n) is 3.98. The lowest BCUT2D eigenvalue weighted by Crippen LogP contribution is -2.00. The van der Waals surface area contributed by atoms with Crippen LogP contribution in [0.5, 0.6) is 11.6 Å². The Morgan fingerprint density at radius 1 is 1.06 bits per heavy atom. The lowest BCUT2D eigenvalue weighted by Gasteiger charge is -2.06. The molecule has 0 saturated carbocycles. The third-order valence-electron chi connectivity index (χ3n) is 2.31. The molecular weight excluding hydrogens is 214 g/mol. The molecule has 0 fully saturated rings. The summed E-state index contributed by atoms with van der Waals surface area (Å²) in [4.78, 5) is 8.27. The maximum absolute atomic E-state index is 5.63. The highest BCUT2D eigenvalue weighted by molar-refractivity contribution is 5.35. The molecule has 0 spiro atoms. The molecule has 4 nitrogen and oxygen atoms in total. The van der Waals surface area contributed by atoms with E-state index in [1.54, 1.807) is 12.4 Å². The van der Waals surface area contributed by atoms with Crippen molar-refractivity contribution in [1.82, 2.24) is 9.97 Å². The van der Waals surface area contributed by atoms with E-state index in [0.717, 1.165) is 22.6 Å². The van der Waals surface area contributed by atoms with Gasteiger partial charge >= 0.3 is 0 Å². The number of nitrogens with zero attached hydrogens (tertiary/aromatic N) is 2. The zero-order valence-electron chi connectivity index (χ0n) is 9.97. The van der Waals surface area contributed by atoms with Crippen LogP contribution in [0.1, 0.15) is 16.8 Å². The largest absolute Gasteiger partial charge is 0.437 e. The summed E-state index contributed by atoms with van der Waals surface area (Å²) < 4.78 is 5.63. The van der Waals surface area contributed by atoms with Crippen LogP contribution < -0.4 is 10.5 Å². The van der Waals surface area contributed by atoms with Gasteiger partial charge in [0.2, 0.25) is 5.88 Å². The molecule has 1 aromatic heterocycles. The Morgan fingerprint density at radius 2 is 1.76 bits per heavy atom. The van der Waals surface area contributed by atoms with Gasteiger partial charge in [0.25, 0.3) is 0 Å². The van der Waals surface area contributed by atoms with Gasteiger partial charge in [0.05, 0.1) is 18.1 Å². The van der Waals surface area contributed by atoms with Crippen LogP contribution in [-0.4, -0.2) is 9.97 Å². The van der Waals surface area contributed by atoms with Crippen molar-refractivity contribution in [3.05, 3.63) is 47.4 Å². The van der Waals surface area contributed by atoms with Gasteiger partial charge in [-0.15, -0.1) is 0 Å². The predicted octanol–water partition coefficient (Wildman–Crippen LogP) is 2.34. The average Bonchev–Trinajstić information content (AvgIpc) is 2.28. The number of hydrogen-bond acceptors (Lipinski definition) is 4. The summed E-state index contributed by atoms with van der Waals surface area (Å²) in [5.41, 5.74) is 8.51. The van der Waals surface area contributed by atoms with Gasteiger partial charge in [0.15, 0.2) is 0 Å². The van der Waals surface area contributed by atoms with Crippen LogP contribution in [0.4, 0.5) is 0 Å². The van der Waals surface area contributed by atoms with Gasteiger partial charge in [-0.05, 0) is 37.1 Å². The molecule has 0 saturated heterocycles. The molecule has 2 rings (SSSR count). The van der Waals surface area contributed by atoms with Gasteiger partial charge in [0.1, 0.15) is 5.75 Å². The summed E-state index contributed by atoms with van der Waals surface area (Å²) in [7, 11) is 0. The summed E-state index contributed by atoms with van der Waals surface area (Å²) >= 11 is 0. The van der Waals surface area contributed by atoms with Crippen LogP contribution in [0.15, 0.2) is 30.6 Å². The van der Waals surface area contributed by atoms with Crippen molar-refractivity contribution in [3.63, 3.8) is 0 Å². The molecule has 0 aliphatic heterocycles. The van der Waals surface area contributed by atoms with E-state index >= 15 is 0 Å². The van der Waals surface area contributed by atoms with Crippen molar-refractivity contribution >= 4 is 0 Å². The number of aryl methyl sites for hydroxylation is 2. The Labute approximate surface area is 100 Å². The summed E-state index contributed by atoms with van der Waals surface area (Å²) in [5.74, 6) is 1.25. The van der Waals surface area contributed by atoms with Crippen LogP contribution in [0.2, 0.25) is 0 Å². The zero-order chi connectivity index (χ0) is 12.3. The third kappa shape index (κ3) is 3.01. The van der Waals surface area contributed by atoms with Crippen molar-refractivity contribution in [2.45, 2.75) is 20.4 Å². The highest BCUT2D eigenvalue weighted by atomic mass is 16.5. The summed E-state index contributed by atoms with van der Waals surface area (Å²) in [6.07, 6.45) is 3.21. The van der Waals surface area contributed by atoms with Crippen molar-refractivity contribution in [2.24, 2.45) is 5.73 Å². The third-order valence-corrected chi connectivity index (χ3v) is 2.31. The number of ether oxygens (including phenoxy) is 1. The molecule has 1 heterocycles. The molecule has 0 amide bonds. The van der Waals surface area contributed by atoms with Crippen LogP contribution in [0.25, 0.3) is 0 Å². The number of rotatable bonds is 3. The van der Waals surface area contributed by atoms with E-state index in [9.17, 15) is 0 Å². The van der Waals surface area contributed by atoms with Gasteiger partial charge < -0.3 is 10.5 Å². The Bertz CT molecular complexity index is 488. The van der Waals surface area contributed by atoms with E-state index in [0.29, 0.717) is 12.4 Å². The SMILES string of the molecule is Cc1cc(C)cc(Oc2cnc(CN)cn2)c1. The minimum absolute atomic E-state index is 0.386. The quantitative estimate of drug-likeness (QED) is 0.877. The Balaban J connectivity index is 2.19. The van der Waals surface area contributed by atoms with Gasteiger partial charge in [0, 0.05) is 6.54 Å². The van der Waals surface area contributed by atoms with E-state index < -0.39 is 0 Å². The molecule has 1 aromatic carbocycles. The minimum Gasteiger partial charge on any atom is -0.437 e. The highest BCUT2D eigenvalue weighted by Crippen LogP contribution is 2.21. The van der Waals surface area contributed by atoms with Crippen LogP contribution in [-0.2, 0) is 6.54 Å². The normalized spacial score (nSPS) is 10.3. The molecule has 0 aliphatic rings. The zero-order valence-corrected chi connectivity index (χ0v) is 9.97. The first-order valence-corrected chi connectivity index (χ1v) is 5.44. The van der Waals surface area contributed by atoms with Crippen LogP contribution >= 0.6 is 0 Å². The van der Waals surface area contributed by atoms with E-state index in [2.05, 4.69) is 16.0 Å². The molecule has 0 radical (unpaired) electrons. The van der Waals surface area contributed by atoms with E-state index in [1.807, 2.05) is 26.0 Å². The topological polar surface area (TPSA) is 61.0 Å². The lowest BCUT2D eigenvalue weighted by atomic mass is 10.1. The fourth-order valence-electron chi connectivity index (χ4n) is 1.61. The Morgan fingerprint density at radius 3 is 2.29 bits per heavy atom. The van der Waals surface area contributed by atoms with Crippen molar-refractivity contribution in [3.8, 4) is 11.6 Å². The molecule has 0 aliphatic carbocycles. The molecule has 0 atom stereocenters. The predicted molar refractivity (Wildman–Crippen MR) is 65.9 cm³/mol. The number of nitrogens with two attached hydrogens (primary N) is 1. The minimum atomic E-state index is 0.386. The first-order chi connectivity index (χ1) is 8.17. The Kier molecular flexibility index (Phi) is 3.35. The fourth-order valence-corrected chi connectivity index (χ4v) is 1.61. The fraction of sp³-hybridized carbons (Fsp3) is 0.231. The van der Waals surface area contributed by atoms with Gasteiger partial charge in [-0.3, -0.25) is 4.98 Å². The summed E-state index contributed by atoms with van der Waals surface area (Å²) in [6, 6.07) is 6.02. The molecule has 0 unspecified atom stereocenters. The van der Waals surface area contributed by atoms with Gasteiger partial charge in [-0.25, -0.2) is 4.98 Å². The number of aromatic nitrogens is 2. The molecule has 88 valence electrons. The molecular formula is C13H15N3O. The highest BCUT2D eigenvalue weighted by Gasteiger charge is 2.01. The Hall–Kier alpha value is -1.94. The number of benzene rings is 1. The van der Waals surface area contributed by atoms with E-state index in [4.69, 9.17) is 10.5 Å². The first-order valence-electron chi connectivity index (χ1n) is 5.44. The van der Waals surface area contributed by atoms with E-state index in [1.165, 1.54) is 0 Å². The number of hydrogen-bond donors (Lipinski definition) is 1. The van der Waals surface area contributed by atoms with Crippen LogP contribution in [0, 0.1) is 13.8 Å². The van der Waals surface area contributed by atoms with Crippen molar-refractivity contribution in [1.29, 1.82) is 0 Å². The smallest absolute Gasteiger partial charge is 0.237 e. The average molecular weight is 229 g/mol. The van der Waals surface area contributed by atoms with Crippen molar-refractivity contribution in [2.75, 3.05) is 0 Å². The summed E-state index contributed by atoms with van der Waals surface area (Å²) in [6.45, 7) is 4.45. The molecule has 2 N–H and O–H groups in total.